The first-order chi connectivity index (χ1) is 8.47. The molecule has 0 atom stereocenters. The van der Waals surface area contributed by atoms with Crippen molar-refractivity contribution in [3.63, 3.8) is 0 Å². The number of halogens is 3. The SMILES string of the molecule is Cc1nc(Cl)nc(Oc2ccc(F)c(F)c2)c1N. The lowest BCUT2D eigenvalue weighted by atomic mass is 10.3. The molecule has 0 radical (unpaired) electrons. The molecule has 1 aromatic carbocycles. The molecule has 0 saturated carbocycles. The normalized spacial score (nSPS) is 10.4. The molecule has 0 amide bonds. The predicted octanol–water partition coefficient (Wildman–Crippen LogP) is 3.09. The first kappa shape index (κ1) is 12.5. The van der Waals surface area contributed by atoms with Gasteiger partial charge in [-0.05, 0) is 30.7 Å². The van der Waals surface area contributed by atoms with Crippen LogP contribution in [0.25, 0.3) is 0 Å². The molecule has 0 unspecified atom stereocenters. The van der Waals surface area contributed by atoms with Gasteiger partial charge in [-0.15, -0.1) is 0 Å². The van der Waals surface area contributed by atoms with Crippen LogP contribution >= 0.6 is 11.6 Å². The summed E-state index contributed by atoms with van der Waals surface area (Å²) in [5.74, 6) is -1.93. The number of aromatic nitrogens is 2. The lowest BCUT2D eigenvalue weighted by Crippen LogP contribution is -2.01. The number of hydrogen-bond acceptors (Lipinski definition) is 4. The molecular formula is C11H8ClF2N3O. The van der Waals surface area contributed by atoms with Gasteiger partial charge in [0, 0.05) is 6.07 Å². The highest BCUT2D eigenvalue weighted by atomic mass is 35.5. The molecule has 2 N–H and O–H groups in total. The molecule has 0 aliphatic rings. The Balaban J connectivity index is 2.36. The summed E-state index contributed by atoms with van der Waals surface area (Å²) in [6.07, 6.45) is 0. The van der Waals surface area contributed by atoms with E-state index in [1.54, 1.807) is 6.92 Å². The van der Waals surface area contributed by atoms with Crippen LogP contribution in [-0.4, -0.2) is 9.97 Å². The number of anilines is 1. The fourth-order valence-corrected chi connectivity index (χ4v) is 1.46. The third-order valence-corrected chi connectivity index (χ3v) is 2.35. The van der Waals surface area contributed by atoms with Gasteiger partial charge in [-0.1, -0.05) is 0 Å². The largest absolute Gasteiger partial charge is 0.437 e. The highest BCUT2D eigenvalue weighted by Crippen LogP contribution is 2.28. The van der Waals surface area contributed by atoms with Gasteiger partial charge >= 0.3 is 0 Å². The Hall–Kier alpha value is -1.95. The second-order valence-electron chi connectivity index (χ2n) is 3.47. The summed E-state index contributed by atoms with van der Waals surface area (Å²) in [6, 6.07) is 3.08. The fourth-order valence-electron chi connectivity index (χ4n) is 1.25. The average Bonchev–Trinajstić information content (AvgIpc) is 2.30. The molecule has 1 heterocycles. The molecule has 0 aliphatic carbocycles. The molecule has 0 aliphatic heterocycles. The smallest absolute Gasteiger partial charge is 0.247 e. The topological polar surface area (TPSA) is 61.0 Å². The van der Waals surface area contributed by atoms with E-state index in [1.807, 2.05) is 0 Å². The number of nitrogens with zero attached hydrogens (tertiary/aromatic N) is 2. The van der Waals surface area contributed by atoms with Crippen LogP contribution < -0.4 is 10.5 Å². The van der Waals surface area contributed by atoms with E-state index in [4.69, 9.17) is 22.1 Å². The fraction of sp³-hybridized carbons (Fsp3) is 0.0909. The van der Waals surface area contributed by atoms with Crippen molar-refractivity contribution in [1.29, 1.82) is 0 Å². The van der Waals surface area contributed by atoms with Crippen molar-refractivity contribution < 1.29 is 13.5 Å². The van der Waals surface area contributed by atoms with E-state index in [0.717, 1.165) is 12.1 Å². The maximum Gasteiger partial charge on any atom is 0.247 e. The monoisotopic (exact) mass is 271 g/mol. The van der Waals surface area contributed by atoms with Crippen molar-refractivity contribution in [2.24, 2.45) is 0 Å². The summed E-state index contributed by atoms with van der Waals surface area (Å²) >= 11 is 5.65. The molecule has 94 valence electrons. The second-order valence-corrected chi connectivity index (χ2v) is 3.81. The maximum atomic E-state index is 13.0. The van der Waals surface area contributed by atoms with Gasteiger partial charge in [0.2, 0.25) is 11.2 Å². The average molecular weight is 272 g/mol. The summed E-state index contributed by atoms with van der Waals surface area (Å²) in [7, 11) is 0. The number of benzene rings is 1. The molecule has 2 aromatic rings. The van der Waals surface area contributed by atoms with Gasteiger partial charge in [0.15, 0.2) is 11.6 Å². The van der Waals surface area contributed by atoms with Crippen LogP contribution in [0.4, 0.5) is 14.5 Å². The number of nitrogens with two attached hydrogens (primary N) is 1. The van der Waals surface area contributed by atoms with E-state index in [-0.39, 0.29) is 22.6 Å². The number of aryl methyl sites for hydroxylation is 1. The van der Waals surface area contributed by atoms with Gasteiger partial charge in [-0.2, -0.15) is 4.98 Å². The number of rotatable bonds is 2. The Morgan fingerprint density at radius 2 is 1.94 bits per heavy atom. The Labute approximate surface area is 106 Å². The maximum absolute atomic E-state index is 13.0. The molecule has 7 heteroatoms. The third kappa shape index (κ3) is 2.48. The van der Waals surface area contributed by atoms with E-state index in [0.29, 0.717) is 5.69 Å². The van der Waals surface area contributed by atoms with Crippen LogP contribution in [0.5, 0.6) is 11.6 Å². The summed E-state index contributed by atoms with van der Waals surface area (Å²) in [4.78, 5) is 7.59. The molecule has 18 heavy (non-hydrogen) atoms. The Morgan fingerprint density at radius 1 is 1.22 bits per heavy atom. The molecule has 4 nitrogen and oxygen atoms in total. The zero-order valence-corrected chi connectivity index (χ0v) is 10.0. The van der Waals surface area contributed by atoms with Gasteiger partial charge < -0.3 is 10.5 Å². The zero-order valence-electron chi connectivity index (χ0n) is 9.25. The minimum Gasteiger partial charge on any atom is -0.437 e. The highest BCUT2D eigenvalue weighted by molar-refractivity contribution is 6.28. The highest BCUT2D eigenvalue weighted by Gasteiger charge is 2.11. The summed E-state index contributed by atoms with van der Waals surface area (Å²) < 4.78 is 31.0. The van der Waals surface area contributed by atoms with Crippen LogP contribution in [-0.2, 0) is 0 Å². The van der Waals surface area contributed by atoms with Crippen molar-refractivity contribution in [3.8, 4) is 11.6 Å². The van der Waals surface area contributed by atoms with Gasteiger partial charge in [0.25, 0.3) is 0 Å². The van der Waals surface area contributed by atoms with Gasteiger partial charge in [0.1, 0.15) is 11.4 Å². The Bertz CT molecular complexity index is 607. The van der Waals surface area contributed by atoms with E-state index in [9.17, 15) is 8.78 Å². The first-order valence-corrected chi connectivity index (χ1v) is 5.27. The molecular weight excluding hydrogens is 264 g/mol. The molecule has 2 rings (SSSR count). The first-order valence-electron chi connectivity index (χ1n) is 4.90. The standard InChI is InChI=1S/C11H8ClF2N3O/c1-5-9(15)10(17-11(12)16-5)18-6-2-3-7(13)8(14)4-6/h2-4H,15H2,1H3. The van der Waals surface area contributed by atoms with Gasteiger partial charge in [-0.3, -0.25) is 0 Å². The molecule has 1 aromatic heterocycles. The summed E-state index contributed by atoms with van der Waals surface area (Å²) in [6.45, 7) is 1.63. The molecule has 0 spiro atoms. The zero-order chi connectivity index (χ0) is 13.3. The third-order valence-electron chi connectivity index (χ3n) is 2.18. The van der Waals surface area contributed by atoms with Crippen molar-refractivity contribution >= 4 is 17.3 Å². The lowest BCUT2D eigenvalue weighted by molar-refractivity contribution is 0.448. The van der Waals surface area contributed by atoms with Gasteiger partial charge in [-0.25, -0.2) is 13.8 Å². The Kier molecular flexibility index (Phi) is 3.29. The Morgan fingerprint density at radius 3 is 2.61 bits per heavy atom. The van der Waals surface area contributed by atoms with Crippen molar-refractivity contribution in [1.82, 2.24) is 9.97 Å². The van der Waals surface area contributed by atoms with E-state index >= 15 is 0 Å². The van der Waals surface area contributed by atoms with Crippen LogP contribution in [0.3, 0.4) is 0 Å². The van der Waals surface area contributed by atoms with Crippen LogP contribution in [0.15, 0.2) is 18.2 Å². The second kappa shape index (κ2) is 4.73. The number of nitrogen functional groups attached to an aromatic ring is 1. The van der Waals surface area contributed by atoms with Gasteiger partial charge in [0.05, 0.1) is 5.69 Å². The van der Waals surface area contributed by atoms with E-state index < -0.39 is 11.6 Å². The summed E-state index contributed by atoms with van der Waals surface area (Å²) in [5, 5.41) is -0.0423. The van der Waals surface area contributed by atoms with Crippen molar-refractivity contribution in [3.05, 3.63) is 40.8 Å². The predicted molar refractivity (Wildman–Crippen MR) is 62.6 cm³/mol. The quantitative estimate of drug-likeness (QED) is 0.853. The minimum absolute atomic E-state index is 0.00138. The summed E-state index contributed by atoms with van der Waals surface area (Å²) in [5.41, 5.74) is 6.31. The van der Waals surface area contributed by atoms with Crippen LogP contribution in [0.1, 0.15) is 5.69 Å². The van der Waals surface area contributed by atoms with E-state index in [1.165, 1.54) is 6.07 Å². The van der Waals surface area contributed by atoms with Crippen molar-refractivity contribution in [2.45, 2.75) is 6.92 Å². The van der Waals surface area contributed by atoms with Crippen LogP contribution in [0, 0.1) is 18.6 Å². The molecule has 0 bridgehead atoms. The van der Waals surface area contributed by atoms with E-state index in [2.05, 4.69) is 9.97 Å². The molecule has 0 fully saturated rings. The lowest BCUT2D eigenvalue weighted by Gasteiger charge is -2.09. The minimum atomic E-state index is -1.03. The van der Waals surface area contributed by atoms with Crippen molar-refractivity contribution in [2.75, 3.05) is 5.73 Å². The number of hydrogen-bond donors (Lipinski definition) is 1. The number of ether oxygens (including phenoxy) is 1. The molecule has 0 saturated heterocycles. The van der Waals surface area contributed by atoms with Crippen LogP contribution in [0.2, 0.25) is 5.28 Å².